The van der Waals surface area contributed by atoms with Gasteiger partial charge in [-0.2, -0.15) is 0 Å². The first-order chi connectivity index (χ1) is 13.2. The molecule has 0 aliphatic heterocycles. The standard InChI is InChI=1S/C27H24/c1-19-16-17-23-25(18-19)27(21-11-5-3-6-12-21,22-13-7-4-8-14-22)24-15-9-10-20(2)26(23)24/h3,5-7,9-18H,4,8H2,1-2H3. The van der Waals surface area contributed by atoms with Gasteiger partial charge in [-0.25, -0.2) is 0 Å². The summed E-state index contributed by atoms with van der Waals surface area (Å²) in [5, 5.41) is 0. The number of hydrogen-bond donors (Lipinski definition) is 0. The van der Waals surface area contributed by atoms with E-state index < -0.39 is 0 Å². The fraction of sp³-hybridized carbons (Fsp3) is 0.185. The lowest BCUT2D eigenvalue weighted by atomic mass is 9.66. The van der Waals surface area contributed by atoms with E-state index in [0.717, 1.165) is 12.8 Å². The molecule has 0 heterocycles. The minimum absolute atomic E-state index is 0.221. The Kier molecular flexibility index (Phi) is 3.68. The highest BCUT2D eigenvalue weighted by Gasteiger charge is 2.47. The third-order valence-electron chi connectivity index (χ3n) is 6.16. The molecule has 1 unspecified atom stereocenters. The third-order valence-corrected chi connectivity index (χ3v) is 6.16. The molecule has 27 heavy (non-hydrogen) atoms. The zero-order valence-corrected chi connectivity index (χ0v) is 16.0. The predicted octanol–water partition coefficient (Wildman–Crippen LogP) is 6.89. The van der Waals surface area contributed by atoms with Crippen molar-refractivity contribution in [2.75, 3.05) is 0 Å². The van der Waals surface area contributed by atoms with Gasteiger partial charge in [-0.1, -0.05) is 90.5 Å². The Hall–Kier alpha value is -2.86. The number of benzene rings is 3. The quantitative estimate of drug-likeness (QED) is 0.473. The highest BCUT2D eigenvalue weighted by Crippen LogP contribution is 2.57. The molecule has 0 amide bonds. The number of hydrogen-bond acceptors (Lipinski definition) is 0. The van der Waals surface area contributed by atoms with Gasteiger partial charge in [0.05, 0.1) is 5.41 Å². The van der Waals surface area contributed by atoms with Crippen molar-refractivity contribution in [2.24, 2.45) is 0 Å². The fourth-order valence-corrected chi connectivity index (χ4v) is 5.04. The zero-order chi connectivity index (χ0) is 18.4. The van der Waals surface area contributed by atoms with E-state index in [-0.39, 0.29) is 5.41 Å². The highest BCUT2D eigenvalue weighted by atomic mass is 14.5. The highest BCUT2D eigenvalue weighted by molar-refractivity contribution is 5.88. The van der Waals surface area contributed by atoms with Crippen molar-refractivity contribution < 1.29 is 0 Å². The zero-order valence-electron chi connectivity index (χ0n) is 16.0. The molecule has 0 saturated carbocycles. The van der Waals surface area contributed by atoms with Crippen LogP contribution in [0.1, 0.15) is 40.7 Å². The second kappa shape index (κ2) is 6.09. The Morgan fingerprint density at radius 3 is 2.41 bits per heavy atom. The molecule has 0 spiro atoms. The summed E-state index contributed by atoms with van der Waals surface area (Å²) >= 11 is 0. The van der Waals surface area contributed by atoms with Gasteiger partial charge in [-0.05, 0) is 65.6 Å². The van der Waals surface area contributed by atoms with E-state index in [4.69, 9.17) is 0 Å². The van der Waals surface area contributed by atoms with Gasteiger partial charge in [0.2, 0.25) is 0 Å². The van der Waals surface area contributed by atoms with E-state index in [1.54, 1.807) is 0 Å². The van der Waals surface area contributed by atoms with Gasteiger partial charge in [0, 0.05) is 0 Å². The molecule has 2 aliphatic carbocycles. The van der Waals surface area contributed by atoms with E-state index in [1.165, 1.54) is 44.5 Å². The lowest BCUT2D eigenvalue weighted by molar-refractivity contribution is 0.750. The summed E-state index contributed by atoms with van der Waals surface area (Å²) in [6.45, 7) is 4.45. The summed E-state index contributed by atoms with van der Waals surface area (Å²) in [7, 11) is 0. The maximum absolute atomic E-state index is 2.45. The minimum Gasteiger partial charge on any atom is -0.0839 e. The topological polar surface area (TPSA) is 0 Å². The van der Waals surface area contributed by atoms with Gasteiger partial charge in [-0.3, -0.25) is 0 Å². The monoisotopic (exact) mass is 348 g/mol. The molecule has 3 aromatic rings. The summed E-state index contributed by atoms with van der Waals surface area (Å²) in [6.07, 6.45) is 9.40. The van der Waals surface area contributed by atoms with Crippen LogP contribution in [0.5, 0.6) is 0 Å². The molecule has 0 bridgehead atoms. The van der Waals surface area contributed by atoms with Gasteiger partial charge < -0.3 is 0 Å². The largest absolute Gasteiger partial charge is 0.0839 e. The Bertz CT molecular complexity index is 1080. The SMILES string of the molecule is Cc1ccc2c(c1)C(C1=CCCC=C1)(c1ccccc1)c1cccc(C)c1-2. The number of allylic oxidation sites excluding steroid dienone is 4. The maximum atomic E-state index is 2.45. The first-order valence-corrected chi connectivity index (χ1v) is 9.87. The number of fused-ring (bicyclic) bond motifs is 3. The molecule has 0 aromatic heterocycles. The molecule has 0 fully saturated rings. The molecular formula is C27H24. The summed E-state index contributed by atoms with van der Waals surface area (Å²) < 4.78 is 0. The molecule has 0 nitrogen and oxygen atoms in total. The van der Waals surface area contributed by atoms with Crippen molar-refractivity contribution in [3.63, 3.8) is 0 Å². The van der Waals surface area contributed by atoms with E-state index >= 15 is 0 Å². The second-order valence-corrected chi connectivity index (χ2v) is 7.80. The van der Waals surface area contributed by atoms with Crippen molar-refractivity contribution in [3.05, 3.63) is 118 Å². The van der Waals surface area contributed by atoms with Crippen LogP contribution in [0.15, 0.2) is 90.5 Å². The molecular weight excluding hydrogens is 324 g/mol. The molecule has 2 aliphatic rings. The van der Waals surface area contributed by atoms with Crippen molar-refractivity contribution in [2.45, 2.75) is 32.1 Å². The lowest BCUT2D eigenvalue weighted by Crippen LogP contribution is -2.29. The average molecular weight is 348 g/mol. The van der Waals surface area contributed by atoms with Crippen LogP contribution in [-0.2, 0) is 5.41 Å². The first-order valence-electron chi connectivity index (χ1n) is 9.87. The summed E-state index contributed by atoms with van der Waals surface area (Å²) in [5.41, 5.74) is 10.9. The first kappa shape index (κ1) is 16.3. The summed E-state index contributed by atoms with van der Waals surface area (Å²) in [5.74, 6) is 0. The van der Waals surface area contributed by atoms with Crippen molar-refractivity contribution in [1.29, 1.82) is 0 Å². The summed E-state index contributed by atoms with van der Waals surface area (Å²) in [6, 6.07) is 24.9. The van der Waals surface area contributed by atoms with Gasteiger partial charge in [0.25, 0.3) is 0 Å². The molecule has 1 atom stereocenters. The summed E-state index contributed by atoms with van der Waals surface area (Å²) in [4.78, 5) is 0. The van der Waals surface area contributed by atoms with Crippen molar-refractivity contribution in [1.82, 2.24) is 0 Å². The van der Waals surface area contributed by atoms with Crippen LogP contribution in [-0.4, -0.2) is 0 Å². The molecule has 132 valence electrons. The molecule has 3 aromatic carbocycles. The number of aryl methyl sites for hydroxylation is 2. The van der Waals surface area contributed by atoms with Crippen LogP contribution in [0, 0.1) is 13.8 Å². The lowest BCUT2D eigenvalue weighted by Gasteiger charge is -2.35. The van der Waals surface area contributed by atoms with Crippen molar-refractivity contribution in [3.8, 4) is 11.1 Å². The van der Waals surface area contributed by atoms with Crippen LogP contribution in [0.4, 0.5) is 0 Å². The molecule has 0 saturated heterocycles. The normalized spacial score (nSPS) is 20.1. The molecule has 5 rings (SSSR count). The Labute approximate surface area is 161 Å². The Morgan fingerprint density at radius 1 is 0.778 bits per heavy atom. The van der Waals surface area contributed by atoms with Gasteiger partial charge in [-0.15, -0.1) is 0 Å². The molecule has 0 heteroatoms. The smallest absolute Gasteiger partial charge is 0.0710 e. The second-order valence-electron chi connectivity index (χ2n) is 7.80. The van der Waals surface area contributed by atoms with Crippen LogP contribution in [0.3, 0.4) is 0 Å². The van der Waals surface area contributed by atoms with E-state index in [2.05, 4.69) is 98.8 Å². The Morgan fingerprint density at radius 2 is 1.63 bits per heavy atom. The van der Waals surface area contributed by atoms with Crippen LogP contribution in [0.25, 0.3) is 11.1 Å². The van der Waals surface area contributed by atoms with Crippen LogP contribution >= 0.6 is 0 Å². The Balaban J connectivity index is 1.97. The number of rotatable bonds is 2. The van der Waals surface area contributed by atoms with E-state index in [1.807, 2.05) is 0 Å². The fourth-order valence-electron chi connectivity index (χ4n) is 5.04. The van der Waals surface area contributed by atoms with Gasteiger partial charge in [0.15, 0.2) is 0 Å². The minimum atomic E-state index is -0.221. The predicted molar refractivity (Wildman–Crippen MR) is 114 cm³/mol. The van der Waals surface area contributed by atoms with Crippen molar-refractivity contribution >= 4 is 0 Å². The van der Waals surface area contributed by atoms with E-state index in [9.17, 15) is 0 Å². The van der Waals surface area contributed by atoms with Crippen LogP contribution < -0.4 is 0 Å². The van der Waals surface area contributed by atoms with Gasteiger partial charge >= 0.3 is 0 Å². The van der Waals surface area contributed by atoms with Crippen LogP contribution in [0.2, 0.25) is 0 Å². The molecule has 0 N–H and O–H groups in total. The van der Waals surface area contributed by atoms with Gasteiger partial charge in [0.1, 0.15) is 0 Å². The van der Waals surface area contributed by atoms with E-state index in [0.29, 0.717) is 0 Å². The molecule has 0 radical (unpaired) electrons. The third kappa shape index (κ3) is 2.23. The average Bonchev–Trinajstić information content (AvgIpc) is 3.01. The maximum Gasteiger partial charge on any atom is 0.0710 e.